The molecule has 176 valence electrons. The molecule has 4 rings (SSSR count). The number of anilines is 1. The summed E-state index contributed by atoms with van der Waals surface area (Å²) in [6, 6.07) is 17.3. The Bertz CT molecular complexity index is 1310. The monoisotopic (exact) mass is 478 g/mol. The summed E-state index contributed by atoms with van der Waals surface area (Å²) in [5, 5.41) is 8.93. The van der Waals surface area contributed by atoms with Gasteiger partial charge in [0.25, 0.3) is 5.91 Å². The Kier molecular flexibility index (Phi) is 6.65. The molecular weight excluding hydrogens is 452 g/mol. The van der Waals surface area contributed by atoms with E-state index >= 15 is 0 Å². The van der Waals surface area contributed by atoms with Crippen molar-refractivity contribution in [3.05, 3.63) is 83.7 Å². The van der Waals surface area contributed by atoms with Gasteiger partial charge in [0.15, 0.2) is 9.84 Å². The van der Waals surface area contributed by atoms with Crippen LogP contribution in [-0.4, -0.2) is 42.2 Å². The average Bonchev–Trinajstić information content (AvgIpc) is 3.36. The van der Waals surface area contributed by atoms with Crippen LogP contribution in [0.3, 0.4) is 0 Å². The molecule has 8 nitrogen and oxygen atoms in total. The summed E-state index contributed by atoms with van der Waals surface area (Å²) < 4.78 is 23.5. The second kappa shape index (κ2) is 9.64. The minimum absolute atomic E-state index is 0.0292. The van der Waals surface area contributed by atoms with Gasteiger partial charge in [-0.15, -0.1) is 0 Å². The minimum Gasteiger partial charge on any atom is -0.357 e. The quantitative estimate of drug-likeness (QED) is 0.537. The number of hydrogen-bond acceptors (Lipinski definition) is 5. The van der Waals surface area contributed by atoms with Gasteiger partial charge < -0.3 is 10.3 Å². The maximum absolute atomic E-state index is 12.8. The van der Waals surface area contributed by atoms with E-state index in [1.54, 1.807) is 54.7 Å². The molecule has 1 atom stereocenters. The third-order valence-electron chi connectivity index (χ3n) is 5.78. The summed E-state index contributed by atoms with van der Waals surface area (Å²) >= 11 is 0. The van der Waals surface area contributed by atoms with Gasteiger partial charge in [-0.2, -0.15) is 5.10 Å². The van der Waals surface area contributed by atoms with Gasteiger partial charge in [-0.25, -0.2) is 13.4 Å². The summed E-state index contributed by atoms with van der Waals surface area (Å²) in [6.45, 7) is 2.30. The molecule has 0 saturated carbocycles. The maximum Gasteiger partial charge on any atom is 0.272 e. The molecule has 9 heteroatoms. The second-order valence-corrected chi connectivity index (χ2v) is 10.3. The van der Waals surface area contributed by atoms with Gasteiger partial charge in [0.1, 0.15) is 5.69 Å². The van der Waals surface area contributed by atoms with Crippen LogP contribution in [-0.2, 0) is 21.2 Å². The lowest BCUT2D eigenvalue weighted by atomic mass is 9.90. The molecule has 34 heavy (non-hydrogen) atoms. The largest absolute Gasteiger partial charge is 0.357 e. The predicted molar refractivity (Wildman–Crippen MR) is 130 cm³/mol. The van der Waals surface area contributed by atoms with Crippen molar-refractivity contribution in [2.75, 3.05) is 11.6 Å². The maximum atomic E-state index is 12.8. The summed E-state index contributed by atoms with van der Waals surface area (Å²) in [4.78, 5) is 28.0. The van der Waals surface area contributed by atoms with E-state index in [0.717, 1.165) is 23.3 Å². The molecule has 0 aliphatic carbocycles. The number of carbonyl (C=O) groups is 2. The van der Waals surface area contributed by atoms with Crippen LogP contribution < -0.4 is 5.32 Å². The Hall–Kier alpha value is -3.72. The lowest BCUT2D eigenvalue weighted by Gasteiger charge is -2.29. The van der Waals surface area contributed by atoms with Gasteiger partial charge in [-0.05, 0) is 53.9 Å². The standard InChI is InChI=1S/C25H26N4O4S/c1-3-18-15-23(30)29(28-24(18)19-8-12-21(13-9-19)34(2,32)33)16-17-6-10-20(11-7-17)27-25(31)22-5-4-14-26-22/h4-14,18,26H,3,15-16H2,1-2H3,(H,27,31). The predicted octanol–water partition coefficient (Wildman–Crippen LogP) is 3.83. The van der Waals surface area contributed by atoms with E-state index in [1.165, 1.54) is 11.3 Å². The van der Waals surface area contributed by atoms with Gasteiger partial charge in [-0.3, -0.25) is 9.59 Å². The fourth-order valence-corrected chi connectivity index (χ4v) is 4.47. The van der Waals surface area contributed by atoms with E-state index < -0.39 is 9.84 Å². The Labute approximate surface area is 198 Å². The third-order valence-corrected chi connectivity index (χ3v) is 6.91. The van der Waals surface area contributed by atoms with Crippen molar-refractivity contribution in [3.8, 4) is 0 Å². The Morgan fingerprint density at radius 2 is 1.82 bits per heavy atom. The number of carbonyl (C=O) groups excluding carboxylic acids is 2. The van der Waals surface area contributed by atoms with Crippen LogP contribution >= 0.6 is 0 Å². The lowest BCUT2D eigenvalue weighted by Crippen LogP contribution is -2.36. The fourth-order valence-electron chi connectivity index (χ4n) is 3.84. The summed E-state index contributed by atoms with van der Waals surface area (Å²) in [5.41, 5.74) is 3.57. The number of amides is 2. The van der Waals surface area contributed by atoms with E-state index in [2.05, 4.69) is 15.4 Å². The smallest absolute Gasteiger partial charge is 0.272 e. The van der Waals surface area contributed by atoms with E-state index in [9.17, 15) is 18.0 Å². The normalized spacial score (nSPS) is 16.3. The van der Waals surface area contributed by atoms with Crippen LogP contribution in [0.25, 0.3) is 0 Å². The zero-order valence-corrected chi connectivity index (χ0v) is 19.8. The van der Waals surface area contributed by atoms with Crippen molar-refractivity contribution in [3.63, 3.8) is 0 Å². The van der Waals surface area contributed by atoms with Gasteiger partial charge >= 0.3 is 0 Å². The van der Waals surface area contributed by atoms with E-state index in [-0.39, 0.29) is 22.6 Å². The number of nitrogens with one attached hydrogen (secondary N) is 2. The number of hydrogen-bond donors (Lipinski definition) is 2. The fraction of sp³-hybridized carbons (Fsp3) is 0.240. The molecule has 2 aromatic carbocycles. The molecule has 0 fully saturated rings. The molecule has 1 aliphatic heterocycles. The molecular formula is C25H26N4O4S. The van der Waals surface area contributed by atoms with Crippen molar-refractivity contribution < 1.29 is 18.0 Å². The number of H-pyrrole nitrogens is 1. The van der Waals surface area contributed by atoms with Crippen LogP contribution in [0.5, 0.6) is 0 Å². The van der Waals surface area contributed by atoms with Crippen LogP contribution in [0, 0.1) is 5.92 Å². The minimum atomic E-state index is -3.29. The SMILES string of the molecule is CCC1CC(=O)N(Cc2ccc(NC(=O)c3ccc[nH]3)cc2)N=C1c1ccc(S(C)(=O)=O)cc1. The lowest BCUT2D eigenvalue weighted by molar-refractivity contribution is -0.133. The molecule has 0 spiro atoms. The summed E-state index contributed by atoms with van der Waals surface area (Å²) in [6.07, 6.45) is 3.95. The second-order valence-electron chi connectivity index (χ2n) is 8.28. The number of benzene rings is 2. The Morgan fingerprint density at radius 3 is 2.41 bits per heavy atom. The van der Waals surface area contributed by atoms with Crippen molar-refractivity contribution in [2.24, 2.45) is 11.0 Å². The first-order valence-electron chi connectivity index (χ1n) is 11.0. The molecule has 2 amide bonds. The number of aromatic nitrogens is 1. The number of hydrazone groups is 1. The number of nitrogens with zero attached hydrogens (tertiary/aromatic N) is 2. The van der Waals surface area contributed by atoms with Crippen molar-refractivity contribution >= 4 is 33.1 Å². The van der Waals surface area contributed by atoms with Crippen molar-refractivity contribution in [1.82, 2.24) is 9.99 Å². The zero-order chi connectivity index (χ0) is 24.3. The molecule has 1 unspecified atom stereocenters. The molecule has 3 aromatic rings. The van der Waals surface area contributed by atoms with Crippen molar-refractivity contribution in [1.29, 1.82) is 0 Å². The summed E-state index contributed by atoms with van der Waals surface area (Å²) in [5.74, 6) is -0.323. The highest BCUT2D eigenvalue weighted by molar-refractivity contribution is 7.90. The first-order chi connectivity index (χ1) is 16.2. The average molecular weight is 479 g/mol. The molecule has 0 bridgehead atoms. The Morgan fingerprint density at radius 1 is 1.12 bits per heavy atom. The van der Waals surface area contributed by atoms with Gasteiger partial charge in [0, 0.05) is 30.5 Å². The molecule has 1 aromatic heterocycles. The first-order valence-corrected chi connectivity index (χ1v) is 12.9. The highest BCUT2D eigenvalue weighted by Crippen LogP contribution is 2.26. The van der Waals surface area contributed by atoms with Crippen LogP contribution in [0.2, 0.25) is 0 Å². The van der Waals surface area contributed by atoms with E-state index in [4.69, 9.17) is 0 Å². The third kappa shape index (κ3) is 5.26. The van der Waals surface area contributed by atoms with Crippen molar-refractivity contribution in [2.45, 2.75) is 31.2 Å². The van der Waals surface area contributed by atoms with E-state index in [1.807, 2.05) is 19.1 Å². The van der Waals surface area contributed by atoms with Crippen LogP contribution in [0.1, 0.15) is 41.4 Å². The Balaban J connectivity index is 1.51. The number of rotatable bonds is 7. The topological polar surface area (TPSA) is 112 Å². The van der Waals surface area contributed by atoms with E-state index in [0.29, 0.717) is 24.3 Å². The van der Waals surface area contributed by atoms with Crippen LogP contribution in [0.15, 0.2) is 76.9 Å². The molecule has 0 radical (unpaired) electrons. The highest BCUT2D eigenvalue weighted by atomic mass is 32.2. The molecule has 2 N–H and O–H groups in total. The highest BCUT2D eigenvalue weighted by Gasteiger charge is 2.29. The zero-order valence-electron chi connectivity index (χ0n) is 19.0. The summed E-state index contributed by atoms with van der Waals surface area (Å²) in [7, 11) is -3.29. The molecule has 0 saturated heterocycles. The van der Waals surface area contributed by atoms with Crippen LogP contribution in [0.4, 0.5) is 5.69 Å². The molecule has 2 heterocycles. The number of sulfone groups is 1. The molecule has 1 aliphatic rings. The van der Waals surface area contributed by atoms with Gasteiger partial charge in [0.2, 0.25) is 5.91 Å². The number of aromatic amines is 1. The first kappa shape index (κ1) is 23.4. The van der Waals surface area contributed by atoms with Gasteiger partial charge in [0.05, 0.1) is 17.2 Å². The van der Waals surface area contributed by atoms with Gasteiger partial charge in [-0.1, -0.05) is 31.2 Å².